The number of nitrogens with zero attached hydrogens (tertiary/aromatic N) is 1. The minimum absolute atomic E-state index is 0.158. The molecule has 0 aliphatic rings. The van der Waals surface area contributed by atoms with E-state index in [1.165, 1.54) is 10.4 Å². The van der Waals surface area contributed by atoms with Gasteiger partial charge in [-0.25, -0.2) is 8.42 Å². The van der Waals surface area contributed by atoms with Crippen molar-refractivity contribution in [2.75, 3.05) is 13.1 Å². The zero-order valence-corrected chi connectivity index (χ0v) is 14.6. The summed E-state index contributed by atoms with van der Waals surface area (Å²) in [4.78, 5) is 0.158. The topological polar surface area (TPSA) is 76.5 Å². The Kier molecular flexibility index (Phi) is 6.71. The van der Waals surface area contributed by atoms with Gasteiger partial charge in [-0.1, -0.05) is 33.6 Å². The van der Waals surface area contributed by atoms with Crippen molar-refractivity contribution in [1.29, 1.82) is 0 Å². The first kappa shape index (κ1) is 17.7. The molecule has 1 aromatic heterocycles. The van der Waals surface area contributed by atoms with Gasteiger partial charge in [-0.15, -0.1) is 0 Å². The van der Waals surface area contributed by atoms with Gasteiger partial charge in [0.25, 0.3) is 0 Å². The highest BCUT2D eigenvalue weighted by Crippen LogP contribution is 2.29. The number of halogens is 1. The Hall–Kier alpha value is -0.370. The van der Waals surface area contributed by atoms with Gasteiger partial charge in [-0.2, -0.15) is 4.31 Å². The Labute approximate surface area is 129 Å². The van der Waals surface area contributed by atoms with E-state index in [-0.39, 0.29) is 16.1 Å². The van der Waals surface area contributed by atoms with E-state index in [1.54, 1.807) is 0 Å². The molecule has 0 aliphatic carbocycles. The molecule has 0 unspecified atom stereocenters. The van der Waals surface area contributed by atoms with E-state index in [1.807, 2.05) is 6.92 Å². The maximum Gasteiger partial charge on any atom is 0.247 e. The number of hydrogen-bond donors (Lipinski definition) is 1. The second-order valence-electron chi connectivity index (χ2n) is 4.69. The molecule has 2 N–H and O–H groups in total. The standard InChI is InChI=1S/C13H23BrN2O3S/c1-4-10(5-2)9-16(6-3)20(17,18)12-7-11(8-15)19-13(12)14/h7,10H,4-6,8-9,15H2,1-3H3. The minimum atomic E-state index is -3.55. The van der Waals surface area contributed by atoms with E-state index in [2.05, 4.69) is 29.8 Å². The van der Waals surface area contributed by atoms with Gasteiger partial charge in [-0.3, -0.25) is 0 Å². The molecule has 0 radical (unpaired) electrons. The smallest absolute Gasteiger partial charge is 0.247 e. The first-order chi connectivity index (χ1) is 9.40. The van der Waals surface area contributed by atoms with Gasteiger partial charge in [0.05, 0.1) is 6.54 Å². The van der Waals surface area contributed by atoms with Gasteiger partial charge in [0, 0.05) is 19.2 Å². The maximum absolute atomic E-state index is 12.7. The Morgan fingerprint density at radius 3 is 2.35 bits per heavy atom. The highest BCUT2D eigenvalue weighted by molar-refractivity contribution is 9.10. The summed E-state index contributed by atoms with van der Waals surface area (Å²) in [6.45, 7) is 7.14. The van der Waals surface area contributed by atoms with E-state index in [4.69, 9.17) is 10.2 Å². The van der Waals surface area contributed by atoms with Crippen molar-refractivity contribution in [2.24, 2.45) is 11.7 Å². The summed E-state index contributed by atoms with van der Waals surface area (Å²) in [5.41, 5.74) is 5.48. The molecular weight excluding hydrogens is 344 g/mol. The van der Waals surface area contributed by atoms with Crippen LogP contribution in [0.5, 0.6) is 0 Å². The van der Waals surface area contributed by atoms with Crippen LogP contribution in [0, 0.1) is 5.92 Å². The lowest BCUT2D eigenvalue weighted by atomic mass is 10.0. The number of hydrogen-bond acceptors (Lipinski definition) is 4. The molecular formula is C13H23BrN2O3S. The normalized spacial score (nSPS) is 12.6. The number of furan rings is 1. The zero-order valence-electron chi connectivity index (χ0n) is 12.2. The van der Waals surface area contributed by atoms with Gasteiger partial charge >= 0.3 is 0 Å². The first-order valence-electron chi connectivity index (χ1n) is 6.88. The van der Waals surface area contributed by atoms with Crippen LogP contribution in [0.1, 0.15) is 39.4 Å². The van der Waals surface area contributed by atoms with Crippen molar-refractivity contribution in [1.82, 2.24) is 4.31 Å². The fourth-order valence-corrected chi connectivity index (χ4v) is 4.53. The average molecular weight is 367 g/mol. The number of sulfonamides is 1. The summed E-state index contributed by atoms with van der Waals surface area (Å²) in [5.74, 6) is 0.818. The Bertz CT molecular complexity index is 524. The molecule has 0 saturated heterocycles. The zero-order chi connectivity index (χ0) is 15.3. The number of rotatable bonds is 8. The SMILES string of the molecule is CCC(CC)CN(CC)S(=O)(=O)c1cc(CN)oc1Br. The molecule has 0 amide bonds. The molecule has 1 aromatic rings. The molecule has 1 rings (SSSR count). The third-order valence-electron chi connectivity index (χ3n) is 3.49. The minimum Gasteiger partial charge on any atom is -0.452 e. The van der Waals surface area contributed by atoms with E-state index >= 15 is 0 Å². The van der Waals surface area contributed by atoms with Crippen LogP contribution < -0.4 is 5.73 Å². The molecule has 0 fully saturated rings. The highest BCUT2D eigenvalue weighted by atomic mass is 79.9. The predicted octanol–water partition coefficient (Wildman–Crippen LogP) is 2.95. The lowest BCUT2D eigenvalue weighted by Crippen LogP contribution is -2.35. The van der Waals surface area contributed by atoms with Gasteiger partial charge in [0.15, 0.2) is 4.67 Å². The molecule has 20 heavy (non-hydrogen) atoms. The van der Waals surface area contributed by atoms with E-state index < -0.39 is 10.0 Å². The van der Waals surface area contributed by atoms with Crippen LogP contribution >= 0.6 is 15.9 Å². The second-order valence-corrected chi connectivity index (χ2v) is 7.32. The molecule has 116 valence electrons. The van der Waals surface area contributed by atoms with Crippen molar-refractivity contribution in [2.45, 2.75) is 45.1 Å². The van der Waals surface area contributed by atoms with Gasteiger partial charge in [-0.05, 0) is 21.8 Å². The largest absolute Gasteiger partial charge is 0.452 e. The molecule has 0 aromatic carbocycles. The van der Waals surface area contributed by atoms with Gasteiger partial charge in [0.2, 0.25) is 10.0 Å². The van der Waals surface area contributed by atoms with Crippen LogP contribution in [-0.2, 0) is 16.6 Å². The lowest BCUT2D eigenvalue weighted by molar-refractivity contribution is 0.338. The van der Waals surface area contributed by atoms with Crippen molar-refractivity contribution >= 4 is 26.0 Å². The molecule has 0 atom stereocenters. The van der Waals surface area contributed by atoms with Gasteiger partial charge in [0.1, 0.15) is 10.7 Å². The van der Waals surface area contributed by atoms with E-state index in [0.29, 0.717) is 24.8 Å². The average Bonchev–Trinajstić information content (AvgIpc) is 2.82. The highest BCUT2D eigenvalue weighted by Gasteiger charge is 2.29. The van der Waals surface area contributed by atoms with Crippen LogP contribution in [0.2, 0.25) is 0 Å². The fourth-order valence-electron chi connectivity index (χ4n) is 2.05. The third kappa shape index (κ3) is 3.84. The van der Waals surface area contributed by atoms with Crippen molar-refractivity contribution in [3.05, 3.63) is 16.5 Å². The summed E-state index contributed by atoms with van der Waals surface area (Å²) in [5, 5.41) is 0. The predicted molar refractivity (Wildman–Crippen MR) is 82.8 cm³/mol. The molecule has 0 spiro atoms. The summed E-state index contributed by atoms with van der Waals surface area (Å²) < 4.78 is 32.4. The summed E-state index contributed by atoms with van der Waals surface area (Å²) >= 11 is 3.16. The first-order valence-corrected chi connectivity index (χ1v) is 9.12. The molecule has 1 heterocycles. The van der Waals surface area contributed by atoms with Gasteiger partial charge < -0.3 is 10.2 Å². The maximum atomic E-state index is 12.7. The van der Waals surface area contributed by atoms with Crippen molar-refractivity contribution in [3.63, 3.8) is 0 Å². The molecule has 0 bridgehead atoms. The van der Waals surface area contributed by atoms with Crippen molar-refractivity contribution < 1.29 is 12.8 Å². The van der Waals surface area contributed by atoms with E-state index in [0.717, 1.165) is 12.8 Å². The van der Waals surface area contributed by atoms with E-state index in [9.17, 15) is 8.42 Å². The van der Waals surface area contributed by atoms with Crippen molar-refractivity contribution in [3.8, 4) is 0 Å². The van der Waals surface area contributed by atoms with Crippen LogP contribution in [-0.4, -0.2) is 25.8 Å². The van der Waals surface area contributed by atoms with Crippen LogP contribution in [0.3, 0.4) is 0 Å². The summed E-state index contributed by atoms with van der Waals surface area (Å²) in [6, 6.07) is 1.50. The third-order valence-corrected chi connectivity index (χ3v) is 6.29. The monoisotopic (exact) mass is 366 g/mol. The molecule has 7 heteroatoms. The second kappa shape index (κ2) is 7.59. The number of nitrogens with two attached hydrogens (primary N) is 1. The summed E-state index contributed by atoms with van der Waals surface area (Å²) in [7, 11) is -3.55. The molecule has 0 saturated carbocycles. The Morgan fingerprint density at radius 2 is 1.95 bits per heavy atom. The Balaban J connectivity index is 3.08. The fraction of sp³-hybridized carbons (Fsp3) is 0.692. The molecule has 5 nitrogen and oxygen atoms in total. The Morgan fingerprint density at radius 1 is 1.35 bits per heavy atom. The molecule has 0 aliphatic heterocycles. The summed E-state index contributed by atoms with van der Waals surface area (Å²) in [6.07, 6.45) is 1.92. The lowest BCUT2D eigenvalue weighted by Gasteiger charge is -2.24. The van der Waals surface area contributed by atoms with Crippen LogP contribution in [0.4, 0.5) is 0 Å². The van der Waals surface area contributed by atoms with Crippen LogP contribution in [0.15, 0.2) is 20.0 Å². The quantitative estimate of drug-likeness (QED) is 0.766. The van der Waals surface area contributed by atoms with Crippen LogP contribution in [0.25, 0.3) is 0 Å².